The van der Waals surface area contributed by atoms with E-state index in [9.17, 15) is 22.8 Å². The van der Waals surface area contributed by atoms with Crippen molar-refractivity contribution < 1.29 is 31.8 Å². The number of carbonyl (C=O) groups is 3. The number of aryl methyl sites for hydroxylation is 1. The van der Waals surface area contributed by atoms with Gasteiger partial charge in [0.2, 0.25) is 12.3 Å². The van der Waals surface area contributed by atoms with Crippen molar-refractivity contribution in [1.29, 1.82) is 0 Å². The van der Waals surface area contributed by atoms with Crippen molar-refractivity contribution in [3.63, 3.8) is 0 Å². The van der Waals surface area contributed by atoms with Crippen LogP contribution in [-0.2, 0) is 32.7 Å². The highest BCUT2D eigenvalue weighted by Crippen LogP contribution is 2.33. The molecule has 15 nitrogen and oxygen atoms in total. The smallest absolute Gasteiger partial charge is 0.314 e. The van der Waals surface area contributed by atoms with E-state index in [2.05, 4.69) is 41.0 Å². The van der Waals surface area contributed by atoms with Crippen molar-refractivity contribution in [2.75, 3.05) is 18.9 Å². The van der Waals surface area contributed by atoms with Gasteiger partial charge in [-0.15, -0.1) is 21.5 Å². The van der Waals surface area contributed by atoms with Crippen LogP contribution in [0.15, 0.2) is 58.3 Å². The van der Waals surface area contributed by atoms with Crippen LogP contribution in [0.25, 0.3) is 0 Å². The molecule has 1 aliphatic heterocycles. The van der Waals surface area contributed by atoms with Crippen LogP contribution in [-0.4, -0.2) is 81.4 Å². The lowest BCUT2D eigenvalue weighted by molar-refractivity contribution is -0.136. The van der Waals surface area contributed by atoms with Crippen LogP contribution in [0.1, 0.15) is 57.0 Å². The summed E-state index contributed by atoms with van der Waals surface area (Å²) in [5.74, 6) is -1.42. The molecule has 254 valence electrons. The average molecular weight is 717 g/mol. The van der Waals surface area contributed by atoms with E-state index in [1.165, 1.54) is 42.1 Å². The van der Waals surface area contributed by atoms with Gasteiger partial charge in [-0.2, -0.15) is 8.42 Å². The van der Waals surface area contributed by atoms with Gasteiger partial charge in [-0.1, -0.05) is 29.3 Å². The highest BCUT2D eigenvalue weighted by Gasteiger charge is 2.37. The lowest BCUT2D eigenvalue weighted by Gasteiger charge is -2.35. The van der Waals surface area contributed by atoms with Crippen molar-refractivity contribution in [1.82, 2.24) is 35.7 Å². The van der Waals surface area contributed by atoms with Gasteiger partial charge >= 0.3 is 11.8 Å². The molecule has 3 amide bonds. The van der Waals surface area contributed by atoms with E-state index in [1.807, 2.05) is 14.0 Å². The summed E-state index contributed by atoms with van der Waals surface area (Å²) in [6.45, 7) is 3.50. The van der Waals surface area contributed by atoms with Gasteiger partial charge in [-0.3, -0.25) is 18.9 Å². The Labute approximate surface area is 285 Å². The highest BCUT2D eigenvalue weighted by atomic mass is 35.5. The Morgan fingerprint density at radius 1 is 1.06 bits per heavy atom. The van der Waals surface area contributed by atoms with Crippen LogP contribution in [0.3, 0.4) is 0 Å². The summed E-state index contributed by atoms with van der Waals surface area (Å²) in [5.41, 5.74) is 1.91. The van der Waals surface area contributed by atoms with Gasteiger partial charge in [-0.25, -0.2) is 9.97 Å². The zero-order valence-electron chi connectivity index (χ0n) is 25.9. The predicted molar refractivity (Wildman–Crippen MR) is 175 cm³/mol. The number of aromatic nitrogens is 4. The molecule has 2 aliphatic rings. The van der Waals surface area contributed by atoms with E-state index >= 15 is 0 Å². The highest BCUT2D eigenvalue weighted by molar-refractivity contribution is 7.85. The number of pyridine rings is 1. The number of nitrogens with one attached hydrogen (secondary N) is 3. The van der Waals surface area contributed by atoms with E-state index in [4.69, 9.17) is 20.6 Å². The number of nitrogens with zero attached hydrogens (tertiary/aromatic N) is 5. The van der Waals surface area contributed by atoms with Gasteiger partial charge in [0.25, 0.3) is 16.0 Å². The molecule has 1 fully saturated rings. The SMILES string of the molecule is CN1CCc2nc(C(=O)N[C@@H]3C[C@@H](c4nnco4)CC[C@@H]3NC(=O)C(=O)Nc3ccc(Cl)cn3)sc2C1.Cc1ccc(S(=O)(=O)O)cc1. The van der Waals surface area contributed by atoms with Crippen molar-refractivity contribution in [2.24, 2.45) is 0 Å². The number of halogens is 1. The van der Waals surface area contributed by atoms with Gasteiger partial charge < -0.3 is 25.3 Å². The number of hydrogen-bond donors (Lipinski definition) is 4. The van der Waals surface area contributed by atoms with Crippen molar-refractivity contribution in [2.45, 2.75) is 62.0 Å². The molecule has 4 aromatic rings. The first kappa shape index (κ1) is 35.0. The summed E-state index contributed by atoms with van der Waals surface area (Å²) in [6.07, 6.45) is 5.02. The molecule has 18 heteroatoms. The number of hydrogen-bond acceptors (Lipinski definition) is 12. The fraction of sp³-hybridized carbons (Fsp3) is 0.367. The topological polar surface area (TPSA) is 210 Å². The molecule has 3 atom stereocenters. The minimum Gasteiger partial charge on any atom is -0.428 e. The van der Waals surface area contributed by atoms with Crippen LogP contribution in [0.4, 0.5) is 5.82 Å². The number of likely N-dealkylation sites (N-methyl/N-ethyl adjacent to an activating group) is 1. The second kappa shape index (κ2) is 15.3. The molecular weight excluding hydrogens is 684 g/mol. The molecule has 1 aromatic carbocycles. The molecule has 4 heterocycles. The third-order valence-electron chi connectivity index (χ3n) is 7.82. The Morgan fingerprint density at radius 3 is 2.50 bits per heavy atom. The molecular formula is C30H33ClN8O7S2. The van der Waals surface area contributed by atoms with E-state index in [1.54, 1.807) is 18.2 Å². The Morgan fingerprint density at radius 2 is 1.83 bits per heavy atom. The lowest BCUT2D eigenvalue weighted by atomic mass is 9.82. The first-order valence-electron chi connectivity index (χ1n) is 14.9. The molecule has 0 unspecified atom stereocenters. The Bertz CT molecular complexity index is 1850. The molecule has 48 heavy (non-hydrogen) atoms. The van der Waals surface area contributed by atoms with E-state index in [0.717, 1.165) is 35.6 Å². The number of anilines is 1. The minimum absolute atomic E-state index is 0.0666. The zero-order valence-corrected chi connectivity index (χ0v) is 28.3. The summed E-state index contributed by atoms with van der Waals surface area (Å²) in [4.78, 5) is 50.1. The van der Waals surface area contributed by atoms with Crippen molar-refractivity contribution in [3.8, 4) is 0 Å². The normalized spacial score (nSPS) is 19.3. The van der Waals surface area contributed by atoms with Gasteiger partial charge in [0.1, 0.15) is 5.82 Å². The van der Waals surface area contributed by atoms with E-state index < -0.39 is 34.0 Å². The Balaban J connectivity index is 0.000000349. The average Bonchev–Trinajstić information content (AvgIpc) is 3.74. The standard InChI is InChI=1S/C23H25ClN8O4S.C7H8O3S/c1-32-7-6-15-17(10-32)37-23(29-15)21(35)28-16-8-12(22-31-26-11-36-22)2-4-14(16)27-19(33)20(34)30-18-5-3-13(24)9-25-18;1-6-2-4-7(5-3-6)11(8,9)10/h3,5,9,11-12,14,16H,2,4,6-8,10H2,1H3,(H,27,33)(H,28,35)(H,25,30,34);2-5H,1H3,(H,8,9,10)/t12-,14-,16+;/m0./s1. The first-order chi connectivity index (χ1) is 22.9. The number of amides is 3. The Hall–Kier alpha value is -4.29. The summed E-state index contributed by atoms with van der Waals surface area (Å²) >= 11 is 7.20. The molecule has 0 saturated heterocycles. The molecule has 0 spiro atoms. The molecule has 0 radical (unpaired) electrons. The molecule has 4 N–H and O–H groups in total. The van der Waals surface area contributed by atoms with Crippen LogP contribution in [0.5, 0.6) is 0 Å². The third-order valence-corrected chi connectivity index (χ3v) is 9.99. The molecule has 1 saturated carbocycles. The maximum Gasteiger partial charge on any atom is 0.314 e. The van der Waals surface area contributed by atoms with Crippen LogP contribution >= 0.6 is 22.9 Å². The largest absolute Gasteiger partial charge is 0.428 e. The van der Waals surface area contributed by atoms with Crippen molar-refractivity contribution in [3.05, 3.63) is 81.0 Å². The summed E-state index contributed by atoms with van der Waals surface area (Å²) in [5, 5.41) is 16.8. The van der Waals surface area contributed by atoms with Crippen molar-refractivity contribution >= 4 is 56.6 Å². The number of benzene rings is 1. The first-order valence-corrected chi connectivity index (χ1v) is 17.5. The number of thiazole rings is 1. The maximum absolute atomic E-state index is 13.2. The monoisotopic (exact) mass is 716 g/mol. The zero-order chi connectivity index (χ0) is 34.4. The number of carbonyl (C=O) groups excluding carboxylic acids is 3. The van der Waals surface area contributed by atoms with Crippen LogP contribution < -0.4 is 16.0 Å². The molecule has 0 bridgehead atoms. The third kappa shape index (κ3) is 9.19. The molecule has 6 rings (SSSR count). The predicted octanol–water partition coefficient (Wildman–Crippen LogP) is 2.99. The number of fused-ring (bicyclic) bond motifs is 1. The fourth-order valence-electron chi connectivity index (χ4n) is 5.30. The van der Waals surface area contributed by atoms with Gasteiger partial charge in [0, 0.05) is 42.5 Å². The lowest BCUT2D eigenvalue weighted by Crippen LogP contribution is -2.56. The van der Waals surface area contributed by atoms with E-state index in [-0.39, 0.29) is 22.5 Å². The van der Waals surface area contributed by atoms with Gasteiger partial charge in [0.05, 0.1) is 21.7 Å². The number of rotatable bonds is 6. The Kier molecular flexibility index (Phi) is 11.2. The van der Waals surface area contributed by atoms with Gasteiger partial charge in [-0.05, 0) is 57.5 Å². The second-order valence-corrected chi connectivity index (χ2v) is 14.4. The fourth-order valence-corrected chi connectivity index (χ4v) is 6.99. The van der Waals surface area contributed by atoms with Gasteiger partial charge in [0.15, 0.2) is 5.01 Å². The molecule has 3 aromatic heterocycles. The summed E-state index contributed by atoms with van der Waals surface area (Å²) < 4.78 is 34.9. The second-order valence-electron chi connectivity index (χ2n) is 11.4. The summed E-state index contributed by atoms with van der Waals surface area (Å²) in [7, 11) is -1.98. The maximum atomic E-state index is 13.2. The molecule has 1 aliphatic carbocycles. The summed E-state index contributed by atoms with van der Waals surface area (Å²) in [6, 6.07) is 8.08. The van der Waals surface area contributed by atoms with E-state index in [0.29, 0.717) is 35.2 Å². The van der Waals surface area contributed by atoms with Crippen LogP contribution in [0, 0.1) is 6.92 Å². The van der Waals surface area contributed by atoms with Crippen LogP contribution in [0.2, 0.25) is 5.02 Å². The quantitative estimate of drug-likeness (QED) is 0.168. The minimum atomic E-state index is -4.02.